The van der Waals surface area contributed by atoms with Gasteiger partial charge in [-0.3, -0.25) is 14.2 Å². The highest BCUT2D eigenvalue weighted by Crippen LogP contribution is 2.26. The number of hydrogen-bond donors (Lipinski definition) is 1. The lowest BCUT2D eigenvalue weighted by Crippen LogP contribution is -2.48. The average Bonchev–Trinajstić information content (AvgIpc) is 2.75. The van der Waals surface area contributed by atoms with Gasteiger partial charge in [0.25, 0.3) is 5.91 Å². The molecule has 1 atom stereocenters. The average molecular weight is 484 g/mol. The Morgan fingerprint density at radius 1 is 1.21 bits per heavy atom. The number of nitrogens with zero attached hydrogens (tertiary/aromatic N) is 3. The standard InChI is InChI=1S/C22H18F6N4O2/c1-2-17(22(26,27)28)29-21(34)14-10-32(16-5-3-11(23)7-15(16)25)20-13(19(14)33)4-6-18(30-20)31-8-12(24)9-31/h3-7,10,12,17H,2,8-9H2,1H3,(H,29,34)/t17-/m1/s1. The highest BCUT2D eigenvalue weighted by molar-refractivity contribution is 5.97. The van der Waals surface area contributed by atoms with E-state index in [1.165, 1.54) is 19.1 Å². The molecule has 34 heavy (non-hydrogen) atoms. The van der Waals surface area contributed by atoms with Crippen molar-refractivity contribution in [2.45, 2.75) is 31.7 Å². The summed E-state index contributed by atoms with van der Waals surface area (Å²) < 4.78 is 81.8. The summed E-state index contributed by atoms with van der Waals surface area (Å²) >= 11 is 0. The minimum absolute atomic E-state index is 0.0595. The van der Waals surface area contributed by atoms with Gasteiger partial charge in [0.05, 0.1) is 24.2 Å². The van der Waals surface area contributed by atoms with Gasteiger partial charge in [-0.25, -0.2) is 18.2 Å². The Kier molecular flexibility index (Phi) is 6.00. The molecule has 4 rings (SSSR count). The van der Waals surface area contributed by atoms with Gasteiger partial charge in [0.15, 0.2) is 5.65 Å². The smallest absolute Gasteiger partial charge is 0.351 e. The summed E-state index contributed by atoms with van der Waals surface area (Å²) in [5, 5.41) is 1.60. The summed E-state index contributed by atoms with van der Waals surface area (Å²) in [5.41, 5.74) is -2.02. The van der Waals surface area contributed by atoms with Crippen molar-refractivity contribution in [2.75, 3.05) is 18.0 Å². The third kappa shape index (κ3) is 4.31. The van der Waals surface area contributed by atoms with E-state index in [0.29, 0.717) is 6.07 Å². The molecule has 1 N–H and O–H groups in total. The van der Waals surface area contributed by atoms with Crippen molar-refractivity contribution in [1.82, 2.24) is 14.9 Å². The van der Waals surface area contributed by atoms with E-state index in [0.717, 1.165) is 22.9 Å². The van der Waals surface area contributed by atoms with Gasteiger partial charge in [-0.1, -0.05) is 6.92 Å². The Morgan fingerprint density at radius 3 is 2.50 bits per heavy atom. The predicted molar refractivity (Wildman–Crippen MR) is 112 cm³/mol. The van der Waals surface area contributed by atoms with Crippen molar-refractivity contribution in [3.63, 3.8) is 0 Å². The third-order valence-corrected chi connectivity index (χ3v) is 5.52. The lowest BCUT2D eigenvalue weighted by molar-refractivity contribution is -0.153. The normalized spacial score (nSPS) is 15.3. The number of alkyl halides is 4. The molecule has 0 saturated carbocycles. The fourth-order valence-corrected chi connectivity index (χ4v) is 3.65. The van der Waals surface area contributed by atoms with E-state index in [4.69, 9.17) is 0 Å². The first-order valence-electron chi connectivity index (χ1n) is 10.3. The summed E-state index contributed by atoms with van der Waals surface area (Å²) in [6, 6.07) is 3.02. The number of hydrogen-bond acceptors (Lipinski definition) is 4. The molecular weight excluding hydrogens is 466 g/mol. The van der Waals surface area contributed by atoms with Gasteiger partial charge in [-0.2, -0.15) is 13.2 Å². The summed E-state index contributed by atoms with van der Waals surface area (Å²) in [5.74, 6) is -2.97. The predicted octanol–water partition coefficient (Wildman–Crippen LogP) is 3.89. The molecule has 1 fully saturated rings. The molecule has 0 spiro atoms. The van der Waals surface area contributed by atoms with Crippen LogP contribution in [0.3, 0.4) is 0 Å². The summed E-state index contributed by atoms with van der Waals surface area (Å²) in [6.45, 7) is 1.34. The van der Waals surface area contributed by atoms with Crippen LogP contribution in [0.25, 0.3) is 16.7 Å². The van der Waals surface area contributed by atoms with Crippen LogP contribution in [0.5, 0.6) is 0 Å². The Balaban J connectivity index is 1.90. The first-order chi connectivity index (χ1) is 16.0. The molecule has 1 aliphatic rings. The van der Waals surface area contributed by atoms with E-state index >= 15 is 0 Å². The zero-order chi connectivity index (χ0) is 24.8. The van der Waals surface area contributed by atoms with Crippen molar-refractivity contribution < 1.29 is 31.1 Å². The van der Waals surface area contributed by atoms with E-state index in [1.54, 1.807) is 10.2 Å². The molecular formula is C22H18F6N4O2. The molecule has 12 heteroatoms. The summed E-state index contributed by atoms with van der Waals surface area (Å²) in [7, 11) is 0. The van der Waals surface area contributed by atoms with Crippen LogP contribution in [-0.2, 0) is 0 Å². The van der Waals surface area contributed by atoms with Gasteiger partial charge in [-0.15, -0.1) is 0 Å². The maximum absolute atomic E-state index is 14.6. The van der Waals surface area contributed by atoms with E-state index in [-0.39, 0.29) is 35.6 Å². The Bertz CT molecular complexity index is 1320. The number of halogens is 6. The van der Waals surface area contributed by atoms with Gasteiger partial charge in [0, 0.05) is 12.3 Å². The number of amides is 1. The molecule has 0 aliphatic carbocycles. The molecule has 1 amide bonds. The fourth-order valence-electron chi connectivity index (χ4n) is 3.65. The van der Waals surface area contributed by atoms with Gasteiger partial charge >= 0.3 is 6.18 Å². The Labute approximate surface area is 188 Å². The second kappa shape index (κ2) is 8.65. The molecule has 3 aromatic rings. The molecule has 1 saturated heterocycles. The lowest BCUT2D eigenvalue weighted by atomic mass is 10.1. The second-order valence-corrected chi connectivity index (χ2v) is 7.86. The lowest BCUT2D eigenvalue weighted by Gasteiger charge is -2.35. The third-order valence-electron chi connectivity index (χ3n) is 5.52. The summed E-state index contributed by atoms with van der Waals surface area (Å²) in [4.78, 5) is 31.5. The number of nitrogens with one attached hydrogen (secondary N) is 1. The quantitative estimate of drug-likeness (QED) is 0.558. The van der Waals surface area contributed by atoms with Crippen molar-refractivity contribution in [1.29, 1.82) is 0 Å². The highest BCUT2D eigenvalue weighted by Gasteiger charge is 2.39. The van der Waals surface area contributed by atoms with Crippen LogP contribution in [0.4, 0.5) is 32.2 Å². The number of pyridine rings is 2. The molecule has 2 aromatic heterocycles. The fraction of sp³-hybridized carbons (Fsp3) is 0.318. The summed E-state index contributed by atoms with van der Waals surface area (Å²) in [6.07, 6.45) is -5.41. The van der Waals surface area contributed by atoms with Crippen LogP contribution < -0.4 is 15.6 Å². The molecule has 1 aromatic carbocycles. The molecule has 0 unspecified atom stereocenters. The van der Waals surface area contributed by atoms with Crippen molar-refractivity contribution in [2.24, 2.45) is 0 Å². The molecule has 0 radical (unpaired) electrons. The number of fused-ring (bicyclic) bond motifs is 1. The zero-order valence-corrected chi connectivity index (χ0v) is 17.7. The van der Waals surface area contributed by atoms with E-state index in [9.17, 15) is 35.9 Å². The molecule has 6 nitrogen and oxygen atoms in total. The van der Waals surface area contributed by atoms with Gasteiger partial charge in [0.1, 0.15) is 35.2 Å². The topological polar surface area (TPSA) is 67.2 Å². The monoisotopic (exact) mass is 484 g/mol. The molecule has 1 aliphatic heterocycles. The van der Waals surface area contributed by atoms with Crippen molar-refractivity contribution >= 4 is 22.8 Å². The van der Waals surface area contributed by atoms with Crippen LogP contribution in [0, 0.1) is 11.6 Å². The second-order valence-electron chi connectivity index (χ2n) is 7.86. The SMILES string of the molecule is CC[C@@H](NC(=O)c1cn(-c2ccc(F)cc2F)c2nc(N3CC(F)C3)ccc2c1=O)C(F)(F)F. The van der Waals surface area contributed by atoms with E-state index < -0.39 is 53.3 Å². The number of carbonyl (C=O) groups excluding carboxylic acids is 1. The van der Waals surface area contributed by atoms with Crippen LogP contribution in [0.1, 0.15) is 23.7 Å². The number of aromatic nitrogens is 2. The van der Waals surface area contributed by atoms with E-state index in [1.807, 2.05) is 0 Å². The van der Waals surface area contributed by atoms with Crippen molar-refractivity contribution in [3.05, 3.63) is 63.9 Å². The van der Waals surface area contributed by atoms with Crippen LogP contribution in [0.15, 0.2) is 41.3 Å². The maximum Gasteiger partial charge on any atom is 0.408 e. The van der Waals surface area contributed by atoms with Crippen LogP contribution in [-0.4, -0.2) is 46.9 Å². The number of benzene rings is 1. The molecule has 0 bridgehead atoms. The molecule has 3 heterocycles. The molecule has 180 valence electrons. The Hall–Kier alpha value is -3.57. The first-order valence-corrected chi connectivity index (χ1v) is 10.3. The Morgan fingerprint density at radius 2 is 1.91 bits per heavy atom. The minimum atomic E-state index is -4.74. The minimum Gasteiger partial charge on any atom is -0.351 e. The first kappa shape index (κ1) is 23.6. The van der Waals surface area contributed by atoms with Gasteiger partial charge in [-0.05, 0) is 30.7 Å². The number of anilines is 1. The number of rotatable bonds is 5. The van der Waals surface area contributed by atoms with Crippen molar-refractivity contribution in [3.8, 4) is 5.69 Å². The van der Waals surface area contributed by atoms with Crippen LogP contribution >= 0.6 is 0 Å². The van der Waals surface area contributed by atoms with E-state index in [2.05, 4.69) is 4.98 Å². The highest BCUT2D eigenvalue weighted by atomic mass is 19.4. The zero-order valence-electron chi connectivity index (χ0n) is 17.7. The number of carbonyl (C=O) groups is 1. The largest absolute Gasteiger partial charge is 0.408 e. The maximum atomic E-state index is 14.6. The van der Waals surface area contributed by atoms with Crippen LogP contribution in [0.2, 0.25) is 0 Å². The van der Waals surface area contributed by atoms with Gasteiger partial charge in [0.2, 0.25) is 5.43 Å². The van der Waals surface area contributed by atoms with Gasteiger partial charge < -0.3 is 10.2 Å².